The topological polar surface area (TPSA) is 78.4 Å². The molecule has 0 aromatic heterocycles. The molecular weight excluding hydrogens is 256 g/mol. The lowest BCUT2D eigenvalue weighted by Gasteiger charge is -2.19. The van der Waals surface area contributed by atoms with Gasteiger partial charge < -0.3 is 15.7 Å². The maximum Gasteiger partial charge on any atom is 0.326 e. The molecule has 1 aromatic rings. The van der Waals surface area contributed by atoms with Crippen molar-refractivity contribution in [2.45, 2.75) is 31.8 Å². The second-order valence-electron chi connectivity index (χ2n) is 5.23. The maximum atomic E-state index is 12.1. The van der Waals surface area contributed by atoms with Crippen molar-refractivity contribution in [1.29, 1.82) is 0 Å². The summed E-state index contributed by atoms with van der Waals surface area (Å²) < 4.78 is 0. The van der Waals surface area contributed by atoms with Crippen molar-refractivity contribution in [3.05, 3.63) is 35.9 Å². The summed E-state index contributed by atoms with van der Waals surface area (Å²) >= 11 is 0. The molecule has 1 aromatic carbocycles. The molecule has 3 N–H and O–H groups in total. The second-order valence-corrected chi connectivity index (χ2v) is 5.23. The van der Waals surface area contributed by atoms with E-state index in [0.29, 0.717) is 6.42 Å². The minimum Gasteiger partial charge on any atom is -0.480 e. The Labute approximate surface area is 118 Å². The molecule has 3 atom stereocenters. The van der Waals surface area contributed by atoms with Crippen LogP contribution in [0.4, 0.5) is 0 Å². The predicted octanol–water partition coefficient (Wildman–Crippen LogP) is 0.796. The first-order valence-electron chi connectivity index (χ1n) is 6.88. The van der Waals surface area contributed by atoms with Gasteiger partial charge in [-0.25, -0.2) is 4.79 Å². The summed E-state index contributed by atoms with van der Waals surface area (Å²) in [5, 5.41) is 15.1. The van der Waals surface area contributed by atoms with Gasteiger partial charge in [0.25, 0.3) is 0 Å². The van der Waals surface area contributed by atoms with Crippen LogP contribution in [-0.2, 0) is 16.0 Å². The smallest absolute Gasteiger partial charge is 0.326 e. The Morgan fingerprint density at radius 3 is 2.65 bits per heavy atom. The van der Waals surface area contributed by atoms with Crippen molar-refractivity contribution < 1.29 is 14.7 Å². The Morgan fingerprint density at radius 2 is 2.10 bits per heavy atom. The van der Waals surface area contributed by atoms with E-state index >= 15 is 0 Å². The van der Waals surface area contributed by atoms with Crippen molar-refractivity contribution in [3.63, 3.8) is 0 Å². The molecule has 5 nitrogen and oxygen atoms in total. The van der Waals surface area contributed by atoms with Crippen molar-refractivity contribution in [1.82, 2.24) is 10.6 Å². The van der Waals surface area contributed by atoms with E-state index in [1.165, 1.54) is 0 Å². The first kappa shape index (κ1) is 14.5. The van der Waals surface area contributed by atoms with Crippen molar-refractivity contribution in [2.75, 3.05) is 6.54 Å². The summed E-state index contributed by atoms with van der Waals surface area (Å²) in [6.07, 6.45) is 1.06. The fourth-order valence-electron chi connectivity index (χ4n) is 2.55. The fourth-order valence-corrected chi connectivity index (χ4v) is 2.55. The van der Waals surface area contributed by atoms with E-state index in [0.717, 1.165) is 18.5 Å². The molecule has 1 aliphatic rings. The lowest BCUT2D eigenvalue weighted by Crippen LogP contribution is -2.46. The van der Waals surface area contributed by atoms with E-state index in [1.807, 2.05) is 37.3 Å². The van der Waals surface area contributed by atoms with Crippen LogP contribution < -0.4 is 10.6 Å². The molecule has 1 heterocycles. The molecular formula is C15H20N2O3. The second kappa shape index (κ2) is 6.52. The summed E-state index contributed by atoms with van der Waals surface area (Å²) in [5.41, 5.74) is 0.901. The third kappa shape index (κ3) is 3.57. The molecule has 0 spiro atoms. The number of carbonyl (C=O) groups excluding carboxylic acids is 1. The van der Waals surface area contributed by atoms with Crippen molar-refractivity contribution >= 4 is 11.9 Å². The van der Waals surface area contributed by atoms with Crippen LogP contribution in [0.15, 0.2) is 30.3 Å². The average molecular weight is 276 g/mol. The summed E-state index contributed by atoms with van der Waals surface area (Å²) in [5.74, 6) is -1.32. The van der Waals surface area contributed by atoms with Gasteiger partial charge in [0.2, 0.25) is 5.91 Å². The van der Waals surface area contributed by atoms with Crippen LogP contribution in [0.5, 0.6) is 0 Å². The molecule has 20 heavy (non-hydrogen) atoms. The molecule has 2 unspecified atom stereocenters. The molecule has 0 saturated carbocycles. The zero-order valence-electron chi connectivity index (χ0n) is 11.5. The Morgan fingerprint density at radius 1 is 1.40 bits per heavy atom. The molecule has 1 saturated heterocycles. The number of hydrogen-bond donors (Lipinski definition) is 3. The molecule has 1 aliphatic heterocycles. The zero-order chi connectivity index (χ0) is 14.5. The maximum absolute atomic E-state index is 12.1. The number of carbonyl (C=O) groups is 2. The minimum absolute atomic E-state index is 0.0983. The SMILES string of the molecule is CC1NCCC1C(=O)N[C@@H](Cc1ccccc1)C(=O)O. The Kier molecular flexibility index (Phi) is 4.74. The van der Waals surface area contributed by atoms with Gasteiger partial charge >= 0.3 is 5.97 Å². The van der Waals surface area contributed by atoms with Gasteiger partial charge in [0.05, 0.1) is 5.92 Å². The van der Waals surface area contributed by atoms with Gasteiger partial charge in [-0.05, 0) is 25.5 Å². The first-order chi connectivity index (χ1) is 9.58. The number of hydrogen-bond acceptors (Lipinski definition) is 3. The Hall–Kier alpha value is -1.88. The third-order valence-corrected chi connectivity index (χ3v) is 3.76. The number of rotatable bonds is 5. The zero-order valence-corrected chi connectivity index (χ0v) is 11.5. The van der Waals surface area contributed by atoms with Crippen LogP contribution in [0.3, 0.4) is 0 Å². The summed E-state index contributed by atoms with van der Waals surface area (Å²) in [7, 11) is 0. The van der Waals surface area contributed by atoms with Gasteiger partial charge in [-0.3, -0.25) is 4.79 Å². The standard InChI is InChI=1S/C15H20N2O3/c1-10-12(7-8-16-10)14(18)17-13(15(19)20)9-11-5-3-2-4-6-11/h2-6,10,12-13,16H,7-9H2,1H3,(H,17,18)(H,19,20)/t10?,12?,13-/m0/s1. The highest BCUT2D eigenvalue weighted by Crippen LogP contribution is 2.15. The number of aliphatic carboxylic acids is 1. The van der Waals surface area contributed by atoms with Crippen LogP contribution in [-0.4, -0.2) is 35.6 Å². The van der Waals surface area contributed by atoms with Crippen LogP contribution in [0.25, 0.3) is 0 Å². The van der Waals surface area contributed by atoms with E-state index in [9.17, 15) is 14.7 Å². The molecule has 1 fully saturated rings. The van der Waals surface area contributed by atoms with E-state index < -0.39 is 12.0 Å². The molecule has 5 heteroatoms. The lowest BCUT2D eigenvalue weighted by molar-refractivity contribution is -0.142. The number of carboxylic acids is 1. The van der Waals surface area contributed by atoms with Gasteiger partial charge in [-0.2, -0.15) is 0 Å². The largest absolute Gasteiger partial charge is 0.480 e. The van der Waals surface area contributed by atoms with E-state index in [4.69, 9.17) is 0 Å². The quantitative estimate of drug-likeness (QED) is 0.743. The van der Waals surface area contributed by atoms with Crippen molar-refractivity contribution in [3.8, 4) is 0 Å². The van der Waals surface area contributed by atoms with Gasteiger partial charge in [-0.1, -0.05) is 30.3 Å². The normalized spacial score (nSPS) is 23.2. The molecule has 2 rings (SSSR count). The first-order valence-corrected chi connectivity index (χ1v) is 6.88. The van der Waals surface area contributed by atoms with Gasteiger partial charge in [0.15, 0.2) is 0 Å². The van der Waals surface area contributed by atoms with Crippen LogP contribution in [0.2, 0.25) is 0 Å². The molecule has 1 amide bonds. The monoisotopic (exact) mass is 276 g/mol. The van der Waals surface area contributed by atoms with E-state index in [1.54, 1.807) is 0 Å². The van der Waals surface area contributed by atoms with E-state index in [2.05, 4.69) is 10.6 Å². The van der Waals surface area contributed by atoms with Gasteiger partial charge in [0, 0.05) is 12.5 Å². The molecule has 0 radical (unpaired) electrons. The summed E-state index contributed by atoms with van der Waals surface area (Å²) in [6.45, 7) is 2.75. The molecule has 0 bridgehead atoms. The van der Waals surface area contributed by atoms with Crippen LogP contribution in [0.1, 0.15) is 18.9 Å². The van der Waals surface area contributed by atoms with Gasteiger partial charge in [-0.15, -0.1) is 0 Å². The highest BCUT2D eigenvalue weighted by atomic mass is 16.4. The molecule has 0 aliphatic carbocycles. The number of carboxylic acid groups (broad SMARTS) is 1. The van der Waals surface area contributed by atoms with Crippen LogP contribution >= 0.6 is 0 Å². The minimum atomic E-state index is -0.999. The Balaban J connectivity index is 1.99. The number of amides is 1. The summed E-state index contributed by atoms with van der Waals surface area (Å²) in [6, 6.07) is 8.55. The Bertz CT molecular complexity index is 475. The highest BCUT2D eigenvalue weighted by molar-refractivity contribution is 5.85. The average Bonchev–Trinajstić information content (AvgIpc) is 2.85. The predicted molar refractivity (Wildman–Crippen MR) is 75.3 cm³/mol. The van der Waals surface area contributed by atoms with Gasteiger partial charge in [0.1, 0.15) is 6.04 Å². The fraction of sp³-hybridized carbons (Fsp3) is 0.467. The van der Waals surface area contributed by atoms with E-state index in [-0.39, 0.29) is 17.9 Å². The lowest BCUT2D eigenvalue weighted by atomic mass is 9.99. The molecule has 108 valence electrons. The number of benzene rings is 1. The summed E-state index contributed by atoms with van der Waals surface area (Å²) in [4.78, 5) is 23.5. The van der Waals surface area contributed by atoms with Crippen molar-refractivity contribution in [2.24, 2.45) is 5.92 Å². The third-order valence-electron chi connectivity index (χ3n) is 3.76. The highest BCUT2D eigenvalue weighted by Gasteiger charge is 2.32. The number of nitrogens with one attached hydrogen (secondary N) is 2. The van der Waals surface area contributed by atoms with Crippen LogP contribution in [0, 0.1) is 5.92 Å².